The Balaban J connectivity index is 2.00. The average Bonchev–Trinajstić information content (AvgIpc) is 2.87. The Morgan fingerprint density at radius 3 is 3.00 bits per heavy atom. The van der Waals surface area contributed by atoms with Crippen LogP contribution in [0, 0.1) is 0 Å². The molecule has 5 nitrogen and oxygen atoms in total. The molecular weight excluding hydrogens is 260 g/mol. The molecular formula is C13H22N4OS. The standard InChI is InChI=1S/C13H22N4OS/c1-3-6-18-13-11(14)12(15-8-16-13)17-9-4-5-10(7-9)19-2/h8-10H,3-7,14H2,1-2H3,(H,15,16,17). The molecule has 2 rings (SSSR count). The van der Waals surface area contributed by atoms with Crippen molar-refractivity contribution in [3.8, 4) is 5.88 Å². The van der Waals surface area contributed by atoms with Crippen LogP contribution in [0.2, 0.25) is 0 Å². The smallest absolute Gasteiger partial charge is 0.242 e. The molecule has 19 heavy (non-hydrogen) atoms. The number of nitrogens with one attached hydrogen (secondary N) is 1. The number of ether oxygens (including phenoxy) is 1. The van der Waals surface area contributed by atoms with E-state index in [0.717, 1.165) is 18.1 Å². The zero-order valence-electron chi connectivity index (χ0n) is 11.6. The number of nitrogen functional groups attached to an aromatic ring is 1. The summed E-state index contributed by atoms with van der Waals surface area (Å²) >= 11 is 1.94. The molecule has 1 aromatic rings. The molecule has 0 aromatic carbocycles. The van der Waals surface area contributed by atoms with Crippen LogP contribution >= 0.6 is 11.8 Å². The van der Waals surface area contributed by atoms with E-state index in [1.165, 1.54) is 19.2 Å². The van der Waals surface area contributed by atoms with E-state index in [1.807, 2.05) is 11.8 Å². The molecule has 1 saturated carbocycles. The summed E-state index contributed by atoms with van der Waals surface area (Å²) in [5, 5.41) is 4.17. The molecule has 2 atom stereocenters. The Labute approximate surface area is 118 Å². The molecule has 0 amide bonds. The van der Waals surface area contributed by atoms with Crippen molar-refractivity contribution in [1.29, 1.82) is 0 Å². The van der Waals surface area contributed by atoms with Gasteiger partial charge in [-0.2, -0.15) is 16.7 Å². The van der Waals surface area contributed by atoms with E-state index in [4.69, 9.17) is 10.5 Å². The van der Waals surface area contributed by atoms with Crippen molar-refractivity contribution >= 4 is 23.3 Å². The minimum atomic E-state index is 0.452. The first-order valence-electron chi connectivity index (χ1n) is 6.77. The summed E-state index contributed by atoms with van der Waals surface area (Å²) in [6.07, 6.45) is 8.19. The van der Waals surface area contributed by atoms with Crippen LogP contribution in [0.25, 0.3) is 0 Å². The van der Waals surface area contributed by atoms with Crippen molar-refractivity contribution in [2.45, 2.75) is 43.9 Å². The van der Waals surface area contributed by atoms with Gasteiger partial charge in [0, 0.05) is 11.3 Å². The topological polar surface area (TPSA) is 73.1 Å². The molecule has 6 heteroatoms. The van der Waals surface area contributed by atoms with Gasteiger partial charge in [-0.05, 0) is 31.9 Å². The maximum Gasteiger partial charge on any atom is 0.242 e. The molecule has 1 fully saturated rings. The van der Waals surface area contributed by atoms with Gasteiger partial charge in [-0.3, -0.25) is 0 Å². The summed E-state index contributed by atoms with van der Waals surface area (Å²) in [4.78, 5) is 8.31. The maximum absolute atomic E-state index is 6.05. The van der Waals surface area contributed by atoms with Crippen LogP contribution < -0.4 is 15.8 Å². The Bertz CT molecular complexity index is 416. The van der Waals surface area contributed by atoms with Crippen molar-refractivity contribution in [2.24, 2.45) is 0 Å². The summed E-state index contributed by atoms with van der Waals surface area (Å²) in [7, 11) is 0. The van der Waals surface area contributed by atoms with Gasteiger partial charge in [0.2, 0.25) is 5.88 Å². The first kappa shape index (κ1) is 14.2. The van der Waals surface area contributed by atoms with Crippen LogP contribution in [0.4, 0.5) is 11.5 Å². The number of anilines is 2. The van der Waals surface area contributed by atoms with Gasteiger partial charge in [-0.1, -0.05) is 6.92 Å². The van der Waals surface area contributed by atoms with E-state index in [-0.39, 0.29) is 0 Å². The van der Waals surface area contributed by atoms with Crippen molar-refractivity contribution in [3.63, 3.8) is 0 Å². The minimum Gasteiger partial charge on any atom is -0.476 e. The monoisotopic (exact) mass is 282 g/mol. The van der Waals surface area contributed by atoms with E-state index in [1.54, 1.807) is 0 Å². The fraction of sp³-hybridized carbons (Fsp3) is 0.692. The van der Waals surface area contributed by atoms with E-state index in [9.17, 15) is 0 Å². The van der Waals surface area contributed by atoms with Crippen molar-refractivity contribution in [1.82, 2.24) is 9.97 Å². The van der Waals surface area contributed by atoms with Gasteiger partial charge in [0.25, 0.3) is 0 Å². The van der Waals surface area contributed by atoms with Crippen LogP contribution in [-0.2, 0) is 0 Å². The lowest BCUT2D eigenvalue weighted by molar-refractivity contribution is 0.306. The van der Waals surface area contributed by atoms with Gasteiger partial charge in [-0.15, -0.1) is 0 Å². The van der Waals surface area contributed by atoms with Gasteiger partial charge >= 0.3 is 0 Å². The highest BCUT2D eigenvalue weighted by atomic mass is 32.2. The molecule has 0 saturated heterocycles. The normalized spacial score (nSPS) is 22.4. The van der Waals surface area contributed by atoms with Crippen LogP contribution in [0.15, 0.2) is 6.33 Å². The lowest BCUT2D eigenvalue weighted by Crippen LogP contribution is -2.18. The molecule has 3 N–H and O–H groups in total. The van der Waals surface area contributed by atoms with Gasteiger partial charge in [-0.25, -0.2) is 4.98 Å². The number of nitrogens with zero attached hydrogens (tertiary/aromatic N) is 2. The molecule has 2 unspecified atom stereocenters. The first-order valence-corrected chi connectivity index (χ1v) is 8.06. The largest absolute Gasteiger partial charge is 0.476 e. The Morgan fingerprint density at radius 2 is 2.32 bits per heavy atom. The highest BCUT2D eigenvalue weighted by Crippen LogP contribution is 2.32. The average molecular weight is 282 g/mol. The molecule has 1 aromatic heterocycles. The number of aromatic nitrogens is 2. The van der Waals surface area contributed by atoms with Crippen LogP contribution in [0.1, 0.15) is 32.6 Å². The number of hydrogen-bond donors (Lipinski definition) is 2. The van der Waals surface area contributed by atoms with Gasteiger partial charge in [0.1, 0.15) is 12.0 Å². The van der Waals surface area contributed by atoms with Crippen molar-refractivity contribution in [3.05, 3.63) is 6.33 Å². The second-order valence-electron chi connectivity index (χ2n) is 4.80. The molecule has 0 radical (unpaired) electrons. The lowest BCUT2D eigenvalue weighted by atomic mass is 10.2. The quantitative estimate of drug-likeness (QED) is 0.835. The zero-order chi connectivity index (χ0) is 13.7. The zero-order valence-corrected chi connectivity index (χ0v) is 12.4. The molecule has 0 aliphatic heterocycles. The number of rotatable bonds is 6. The van der Waals surface area contributed by atoms with Crippen LogP contribution in [-0.4, -0.2) is 34.1 Å². The van der Waals surface area contributed by atoms with Crippen molar-refractivity contribution < 1.29 is 4.74 Å². The van der Waals surface area contributed by atoms with Gasteiger partial charge < -0.3 is 15.8 Å². The number of nitrogens with two attached hydrogens (primary N) is 1. The maximum atomic E-state index is 6.05. The summed E-state index contributed by atoms with van der Waals surface area (Å²) in [6, 6.07) is 0.452. The second kappa shape index (κ2) is 6.84. The third-order valence-corrected chi connectivity index (χ3v) is 4.44. The third-order valence-electron chi connectivity index (χ3n) is 3.35. The van der Waals surface area contributed by atoms with Gasteiger partial charge in [0.05, 0.1) is 6.61 Å². The van der Waals surface area contributed by atoms with E-state index < -0.39 is 0 Å². The SMILES string of the molecule is CCCOc1ncnc(NC2CCC(SC)C2)c1N. The highest BCUT2D eigenvalue weighted by Gasteiger charge is 2.25. The predicted octanol–water partition coefficient (Wildman–Crippen LogP) is 2.54. The summed E-state index contributed by atoms with van der Waals surface area (Å²) in [5.74, 6) is 1.19. The summed E-state index contributed by atoms with van der Waals surface area (Å²) in [6.45, 7) is 2.68. The number of hydrogen-bond acceptors (Lipinski definition) is 6. The van der Waals surface area contributed by atoms with E-state index in [0.29, 0.717) is 30.0 Å². The lowest BCUT2D eigenvalue weighted by Gasteiger charge is -2.16. The number of thioether (sulfide) groups is 1. The minimum absolute atomic E-state index is 0.452. The van der Waals surface area contributed by atoms with Crippen molar-refractivity contribution in [2.75, 3.05) is 23.9 Å². The van der Waals surface area contributed by atoms with Crippen LogP contribution in [0.3, 0.4) is 0 Å². The van der Waals surface area contributed by atoms with Gasteiger partial charge in [0.15, 0.2) is 5.82 Å². The molecule has 1 aliphatic rings. The first-order chi connectivity index (χ1) is 9.24. The second-order valence-corrected chi connectivity index (χ2v) is 5.94. The van der Waals surface area contributed by atoms with E-state index in [2.05, 4.69) is 28.5 Å². The fourth-order valence-electron chi connectivity index (χ4n) is 2.29. The predicted molar refractivity (Wildman–Crippen MR) is 80.8 cm³/mol. The Kier molecular flexibility index (Phi) is 5.13. The third kappa shape index (κ3) is 3.65. The summed E-state index contributed by atoms with van der Waals surface area (Å²) < 4.78 is 5.51. The molecule has 0 spiro atoms. The molecule has 0 bridgehead atoms. The highest BCUT2D eigenvalue weighted by molar-refractivity contribution is 7.99. The summed E-state index contributed by atoms with van der Waals surface area (Å²) in [5.41, 5.74) is 6.57. The Hall–Kier alpha value is -1.17. The fourth-order valence-corrected chi connectivity index (χ4v) is 3.08. The molecule has 106 valence electrons. The molecule has 1 aliphatic carbocycles. The van der Waals surface area contributed by atoms with Crippen LogP contribution in [0.5, 0.6) is 5.88 Å². The molecule has 1 heterocycles. The Morgan fingerprint density at radius 1 is 1.47 bits per heavy atom. The van der Waals surface area contributed by atoms with E-state index >= 15 is 0 Å².